The molecule has 3 heteroatoms. The molecule has 0 spiro atoms. The maximum absolute atomic E-state index is 5.59. The van der Waals surface area contributed by atoms with Crippen molar-refractivity contribution in [3.63, 3.8) is 0 Å². The molecular formula is C12H13BrOS. The van der Waals surface area contributed by atoms with Gasteiger partial charge in [-0.1, -0.05) is 22.0 Å². The Hall–Kier alpha value is -0.380. The van der Waals surface area contributed by atoms with Crippen molar-refractivity contribution in [2.45, 2.75) is 26.6 Å². The average molecular weight is 285 g/mol. The van der Waals surface area contributed by atoms with Crippen LogP contribution < -0.4 is 0 Å². The van der Waals surface area contributed by atoms with Crippen LogP contribution >= 0.6 is 27.3 Å². The number of halogens is 1. The molecule has 0 amide bonds. The summed E-state index contributed by atoms with van der Waals surface area (Å²) in [4.78, 5) is 1.29. The molecule has 0 bridgehead atoms. The number of fused-ring (bicyclic) bond motifs is 1. The summed E-state index contributed by atoms with van der Waals surface area (Å²) in [5.74, 6) is 0. The third kappa shape index (κ3) is 2.80. The summed E-state index contributed by atoms with van der Waals surface area (Å²) in [6.07, 6.45) is 0.293. The first-order valence-electron chi connectivity index (χ1n) is 4.95. The van der Waals surface area contributed by atoms with Gasteiger partial charge in [0.25, 0.3) is 0 Å². The van der Waals surface area contributed by atoms with E-state index in [-0.39, 0.29) is 0 Å². The molecule has 0 aliphatic carbocycles. The quantitative estimate of drug-likeness (QED) is 0.801. The zero-order valence-corrected chi connectivity index (χ0v) is 11.2. The van der Waals surface area contributed by atoms with Gasteiger partial charge in [0.05, 0.1) is 12.7 Å². The third-order valence-corrected chi connectivity index (χ3v) is 3.66. The molecule has 0 aliphatic rings. The Morgan fingerprint density at radius 1 is 1.33 bits per heavy atom. The van der Waals surface area contributed by atoms with E-state index in [4.69, 9.17) is 4.74 Å². The van der Waals surface area contributed by atoms with Crippen molar-refractivity contribution < 1.29 is 4.74 Å². The van der Waals surface area contributed by atoms with E-state index in [1.807, 2.05) is 0 Å². The fourth-order valence-electron chi connectivity index (χ4n) is 1.38. The highest BCUT2D eigenvalue weighted by Gasteiger charge is 2.03. The summed E-state index contributed by atoms with van der Waals surface area (Å²) in [7, 11) is 0. The van der Waals surface area contributed by atoms with Gasteiger partial charge in [0.15, 0.2) is 0 Å². The maximum atomic E-state index is 5.59. The number of benzene rings is 1. The largest absolute Gasteiger partial charge is 0.373 e. The number of hydrogen-bond donors (Lipinski definition) is 0. The Kier molecular flexibility index (Phi) is 3.44. The first-order valence-corrected chi connectivity index (χ1v) is 6.55. The van der Waals surface area contributed by atoms with Crippen LogP contribution in [0.2, 0.25) is 0 Å². The predicted molar refractivity (Wildman–Crippen MR) is 69.5 cm³/mol. The van der Waals surface area contributed by atoms with Crippen molar-refractivity contribution in [2.75, 3.05) is 0 Å². The van der Waals surface area contributed by atoms with Crippen molar-refractivity contribution in [3.05, 3.63) is 33.6 Å². The van der Waals surface area contributed by atoms with Crippen LogP contribution in [0.3, 0.4) is 0 Å². The van der Waals surface area contributed by atoms with E-state index in [9.17, 15) is 0 Å². The van der Waals surface area contributed by atoms with Gasteiger partial charge in [0, 0.05) is 14.0 Å². The summed E-state index contributed by atoms with van der Waals surface area (Å²) >= 11 is 5.28. The van der Waals surface area contributed by atoms with Crippen LogP contribution in [0.25, 0.3) is 10.1 Å². The van der Waals surface area contributed by atoms with Gasteiger partial charge in [-0.3, -0.25) is 0 Å². The van der Waals surface area contributed by atoms with E-state index in [1.165, 1.54) is 15.0 Å². The minimum Gasteiger partial charge on any atom is -0.373 e. The third-order valence-electron chi connectivity index (χ3n) is 2.09. The maximum Gasteiger partial charge on any atom is 0.0813 e. The zero-order chi connectivity index (χ0) is 10.8. The predicted octanol–water partition coefficient (Wildman–Crippen LogP) is 4.59. The fourth-order valence-corrected chi connectivity index (χ4v) is 2.92. The lowest BCUT2D eigenvalue weighted by molar-refractivity contribution is 0.0675. The molecule has 2 rings (SSSR count). The molecule has 0 N–H and O–H groups in total. The van der Waals surface area contributed by atoms with Crippen molar-refractivity contribution in [1.82, 2.24) is 0 Å². The Bertz CT molecular complexity index is 462. The van der Waals surface area contributed by atoms with Crippen molar-refractivity contribution in [3.8, 4) is 0 Å². The number of thiophene rings is 1. The molecule has 1 heterocycles. The Labute approximate surface area is 102 Å². The molecule has 0 radical (unpaired) electrons. The summed E-state index contributed by atoms with van der Waals surface area (Å²) < 4.78 is 8.03. The molecule has 0 aliphatic heterocycles. The topological polar surface area (TPSA) is 9.23 Å². The van der Waals surface area contributed by atoms with E-state index >= 15 is 0 Å². The van der Waals surface area contributed by atoms with Gasteiger partial charge in [-0.2, -0.15) is 0 Å². The second-order valence-electron chi connectivity index (χ2n) is 3.75. The second-order valence-corrected chi connectivity index (χ2v) is 5.84. The molecular weight excluding hydrogens is 272 g/mol. The molecule has 0 saturated heterocycles. The highest BCUT2D eigenvalue weighted by molar-refractivity contribution is 9.10. The van der Waals surface area contributed by atoms with Gasteiger partial charge in [0.1, 0.15) is 0 Å². The number of rotatable bonds is 3. The molecule has 1 aromatic carbocycles. The van der Waals surface area contributed by atoms with Gasteiger partial charge in [0.2, 0.25) is 0 Å². The molecule has 0 unspecified atom stereocenters. The lowest BCUT2D eigenvalue weighted by Gasteiger charge is -2.04. The Morgan fingerprint density at radius 2 is 2.13 bits per heavy atom. The summed E-state index contributed by atoms with van der Waals surface area (Å²) in [6.45, 7) is 4.84. The van der Waals surface area contributed by atoms with Gasteiger partial charge in [-0.15, -0.1) is 11.3 Å². The van der Waals surface area contributed by atoms with E-state index in [0.29, 0.717) is 12.7 Å². The minimum absolute atomic E-state index is 0.293. The first-order chi connectivity index (χ1) is 7.15. The molecule has 2 aromatic rings. The van der Waals surface area contributed by atoms with Crippen LogP contribution in [-0.2, 0) is 11.3 Å². The van der Waals surface area contributed by atoms with Crippen LogP contribution in [-0.4, -0.2) is 6.10 Å². The van der Waals surface area contributed by atoms with Crippen LogP contribution in [0.5, 0.6) is 0 Å². The SMILES string of the molecule is CC(C)OCc1cc2ccc(Br)cc2s1. The summed E-state index contributed by atoms with van der Waals surface area (Å²) in [6, 6.07) is 8.56. The van der Waals surface area contributed by atoms with Gasteiger partial charge in [-0.25, -0.2) is 0 Å². The first kappa shape index (κ1) is 11.1. The molecule has 0 saturated carbocycles. The van der Waals surface area contributed by atoms with Crippen molar-refractivity contribution in [1.29, 1.82) is 0 Å². The Balaban J connectivity index is 2.23. The molecule has 80 valence electrons. The van der Waals surface area contributed by atoms with Gasteiger partial charge in [-0.05, 0) is 37.4 Å². The van der Waals surface area contributed by atoms with E-state index in [2.05, 4.69) is 54.0 Å². The lowest BCUT2D eigenvalue weighted by Crippen LogP contribution is -2.00. The van der Waals surface area contributed by atoms with E-state index in [1.54, 1.807) is 11.3 Å². The fraction of sp³-hybridized carbons (Fsp3) is 0.333. The van der Waals surface area contributed by atoms with Crippen LogP contribution in [0.15, 0.2) is 28.7 Å². The second kappa shape index (κ2) is 4.64. The van der Waals surface area contributed by atoms with Crippen LogP contribution in [0, 0.1) is 0 Å². The average Bonchev–Trinajstić information content (AvgIpc) is 2.56. The van der Waals surface area contributed by atoms with E-state index in [0.717, 1.165) is 4.47 Å². The van der Waals surface area contributed by atoms with Crippen LogP contribution in [0.4, 0.5) is 0 Å². The number of ether oxygens (including phenoxy) is 1. The zero-order valence-electron chi connectivity index (χ0n) is 8.79. The van der Waals surface area contributed by atoms with E-state index < -0.39 is 0 Å². The highest BCUT2D eigenvalue weighted by atomic mass is 79.9. The number of hydrogen-bond acceptors (Lipinski definition) is 2. The Morgan fingerprint density at radius 3 is 2.87 bits per heavy atom. The smallest absolute Gasteiger partial charge is 0.0813 e. The standard InChI is InChI=1S/C12H13BrOS/c1-8(2)14-7-11-5-9-3-4-10(13)6-12(9)15-11/h3-6,8H,7H2,1-2H3. The molecule has 0 atom stereocenters. The molecule has 15 heavy (non-hydrogen) atoms. The molecule has 1 nitrogen and oxygen atoms in total. The normalized spacial score (nSPS) is 11.5. The summed E-state index contributed by atoms with van der Waals surface area (Å²) in [5, 5.41) is 1.30. The molecule has 1 aromatic heterocycles. The van der Waals surface area contributed by atoms with Crippen molar-refractivity contribution in [2.24, 2.45) is 0 Å². The minimum atomic E-state index is 0.293. The molecule has 0 fully saturated rings. The van der Waals surface area contributed by atoms with Gasteiger partial charge >= 0.3 is 0 Å². The monoisotopic (exact) mass is 284 g/mol. The van der Waals surface area contributed by atoms with Crippen molar-refractivity contribution >= 4 is 37.4 Å². The van der Waals surface area contributed by atoms with Crippen LogP contribution in [0.1, 0.15) is 18.7 Å². The summed E-state index contributed by atoms with van der Waals surface area (Å²) in [5.41, 5.74) is 0. The highest BCUT2D eigenvalue weighted by Crippen LogP contribution is 2.28. The lowest BCUT2D eigenvalue weighted by atomic mass is 10.2. The van der Waals surface area contributed by atoms with Gasteiger partial charge < -0.3 is 4.74 Å².